The lowest BCUT2D eigenvalue weighted by Gasteiger charge is -2.21. The predicted octanol–water partition coefficient (Wildman–Crippen LogP) is 16.1. The molecule has 2 N–H and O–H groups in total. The van der Waals surface area contributed by atoms with Crippen molar-refractivity contribution in [1.82, 2.24) is 44.5 Å². The summed E-state index contributed by atoms with van der Waals surface area (Å²) in [5, 5.41) is 17.5. The van der Waals surface area contributed by atoms with Crippen LogP contribution >= 0.6 is 47.8 Å². The van der Waals surface area contributed by atoms with Crippen LogP contribution in [0, 0.1) is 18.6 Å². The van der Waals surface area contributed by atoms with Gasteiger partial charge in [-0.3, -0.25) is 19.2 Å². The minimum absolute atomic E-state index is 0.0877. The summed E-state index contributed by atoms with van der Waals surface area (Å²) >= 11 is 9.34. The maximum absolute atomic E-state index is 13.8. The van der Waals surface area contributed by atoms with Crippen LogP contribution in [0.1, 0.15) is 85.8 Å². The molecular formula is C80H67Br3F5N9O10. The number of hydrogen-bond acceptors (Lipinski definition) is 14. The van der Waals surface area contributed by atoms with Crippen LogP contribution in [0.3, 0.4) is 0 Å². The summed E-state index contributed by atoms with van der Waals surface area (Å²) in [5.74, 6) is -2.40. The van der Waals surface area contributed by atoms with Gasteiger partial charge < -0.3 is 44.0 Å². The molecule has 3 aliphatic heterocycles. The lowest BCUT2D eigenvalue weighted by Crippen LogP contribution is -2.34. The minimum Gasteiger partial charge on any atom is -0.489 e. The SMILES string of the molecule is Cc1ccc(-c2ccc3c(n2)C(=O)N(Cc2ccccc2)CCO3)cc1.O=C(O)c1nc(Br)ccc1F.O=C(c1nc(Br)ccc1F)N(CCO)Cc1ccccc1.O=C1c2nc(-c3ccc(C(F)(F)F)cc3)ccc2OCCN1Cc1ccccc1.O=C1c2nc(Br)ccc2OCCN1Cc1ccccc1. The molecule has 107 heavy (non-hydrogen) atoms. The highest BCUT2D eigenvalue weighted by molar-refractivity contribution is 9.11. The summed E-state index contributed by atoms with van der Waals surface area (Å²) < 4.78 is 83.0. The number of carbonyl (C=O) groups is 5. The molecule has 14 rings (SSSR count). The molecule has 3 aliphatic rings. The number of aromatic carboxylic acids is 1. The van der Waals surface area contributed by atoms with Crippen molar-refractivity contribution >= 4 is 77.4 Å². The van der Waals surface area contributed by atoms with E-state index in [0.29, 0.717) is 113 Å². The summed E-state index contributed by atoms with van der Waals surface area (Å²) in [6.07, 6.45) is -4.40. The number of pyridine rings is 5. The van der Waals surface area contributed by atoms with Crippen LogP contribution in [0.2, 0.25) is 0 Å². The van der Waals surface area contributed by atoms with Gasteiger partial charge in [-0.05, 0) is 150 Å². The molecule has 0 fully saturated rings. The van der Waals surface area contributed by atoms with E-state index in [2.05, 4.69) is 72.7 Å². The number of carboxylic acids is 1. The topological polar surface area (TPSA) is 231 Å². The van der Waals surface area contributed by atoms with Crippen LogP contribution < -0.4 is 14.2 Å². The summed E-state index contributed by atoms with van der Waals surface area (Å²) in [6, 6.07) is 67.2. The van der Waals surface area contributed by atoms with E-state index in [-0.39, 0.29) is 48.8 Å². The van der Waals surface area contributed by atoms with Crippen molar-refractivity contribution in [2.24, 2.45) is 0 Å². The number of nitrogens with zero attached hydrogens (tertiary/aromatic N) is 9. The molecule has 0 aliphatic carbocycles. The molecule has 4 amide bonds. The molecule has 0 atom stereocenters. The number of hydrogen-bond donors (Lipinski definition) is 2. The van der Waals surface area contributed by atoms with Crippen LogP contribution in [0.5, 0.6) is 17.2 Å². The van der Waals surface area contributed by atoms with Gasteiger partial charge in [0, 0.05) is 43.9 Å². The number of halogens is 8. The van der Waals surface area contributed by atoms with Crippen molar-refractivity contribution in [1.29, 1.82) is 0 Å². The van der Waals surface area contributed by atoms with Gasteiger partial charge in [-0.1, -0.05) is 163 Å². The monoisotopic (exact) mass is 1650 g/mol. The number of carbonyl (C=O) groups excluding carboxylic acids is 4. The molecule has 548 valence electrons. The first kappa shape index (κ1) is 78.5. The summed E-state index contributed by atoms with van der Waals surface area (Å²) in [4.78, 5) is 88.5. The molecule has 0 radical (unpaired) electrons. The number of carboxylic acid groups (broad SMARTS) is 1. The molecule has 6 aromatic carbocycles. The second-order valence-electron chi connectivity index (χ2n) is 23.9. The molecule has 0 saturated heterocycles. The van der Waals surface area contributed by atoms with Crippen LogP contribution in [0.4, 0.5) is 22.0 Å². The molecule has 8 heterocycles. The van der Waals surface area contributed by atoms with Gasteiger partial charge >= 0.3 is 12.1 Å². The molecule has 19 nitrogen and oxygen atoms in total. The molecule has 27 heteroatoms. The molecule has 0 unspecified atom stereocenters. The van der Waals surface area contributed by atoms with Gasteiger partial charge in [0.2, 0.25) is 0 Å². The maximum Gasteiger partial charge on any atom is 0.416 e. The number of alkyl halides is 3. The largest absolute Gasteiger partial charge is 0.489 e. The Morgan fingerprint density at radius 3 is 1.21 bits per heavy atom. The Kier molecular flexibility index (Phi) is 27.7. The van der Waals surface area contributed by atoms with E-state index < -0.39 is 40.9 Å². The Labute approximate surface area is 637 Å². The van der Waals surface area contributed by atoms with Crippen molar-refractivity contribution in [2.45, 2.75) is 39.3 Å². The molecular weight excluding hydrogens is 1580 g/mol. The van der Waals surface area contributed by atoms with Crippen molar-refractivity contribution in [3.8, 4) is 39.8 Å². The van der Waals surface area contributed by atoms with Crippen LogP contribution in [0.25, 0.3) is 22.5 Å². The summed E-state index contributed by atoms with van der Waals surface area (Å²) in [5.41, 5.74) is 7.31. The third-order valence-electron chi connectivity index (χ3n) is 16.3. The van der Waals surface area contributed by atoms with Gasteiger partial charge in [-0.25, -0.2) is 38.5 Å². The number of rotatable bonds is 14. The second kappa shape index (κ2) is 37.7. The van der Waals surface area contributed by atoms with E-state index in [1.165, 1.54) is 40.8 Å². The zero-order valence-electron chi connectivity index (χ0n) is 57.1. The highest BCUT2D eigenvalue weighted by Gasteiger charge is 2.32. The third kappa shape index (κ3) is 22.0. The minimum atomic E-state index is -4.40. The number of aliphatic hydroxyl groups is 1. The Bertz CT molecular complexity index is 4880. The molecule has 0 bridgehead atoms. The van der Waals surface area contributed by atoms with E-state index in [4.69, 9.17) is 24.4 Å². The van der Waals surface area contributed by atoms with Gasteiger partial charge in [0.05, 0.1) is 43.2 Å². The lowest BCUT2D eigenvalue weighted by molar-refractivity contribution is -0.137. The number of aliphatic hydroxyl groups excluding tert-OH is 1. The maximum atomic E-state index is 13.8. The average molecular weight is 1650 g/mol. The van der Waals surface area contributed by atoms with Gasteiger partial charge in [0.15, 0.2) is 57.4 Å². The van der Waals surface area contributed by atoms with E-state index >= 15 is 0 Å². The molecule has 5 aromatic heterocycles. The first-order chi connectivity index (χ1) is 51.6. The van der Waals surface area contributed by atoms with Crippen LogP contribution in [0.15, 0.2) is 244 Å². The van der Waals surface area contributed by atoms with Crippen LogP contribution in [-0.2, 0) is 32.4 Å². The van der Waals surface area contributed by atoms with Gasteiger partial charge in [0.1, 0.15) is 33.6 Å². The van der Waals surface area contributed by atoms with E-state index in [1.54, 1.807) is 39.0 Å². The predicted molar refractivity (Wildman–Crippen MR) is 400 cm³/mol. The fourth-order valence-electron chi connectivity index (χ4n) is 10.9. The number of benzene rings is 6. The Balaban J connectivity index is 0.000000147. The zero-order chi connectivity index (χ0) is 76.0. The van der Waals surface area contributed by atoms with Crippen molar-refractivity contribution < 1.29 is 70.3 Å². The van der Waals surface area contributed by atoms with Crippen LogP contribution in [-0.4, -0.2) is 137 Å². The third-order valence-corrected chi connectivity index (χ3v) is 17.6. The fourth-order valence-corrected chi connectivity index (χ4v) is 11.8. The van der Waals surface area contributed by atoms with E-state index in [9.17, 15) is 45.9 Å². The first-order valence-corrected chi connectivity index (χ1v) is 35.6. The highest BCUT2D eigenvalue weighted by Crippen LogP contribution is 2.33. The standard InChI is InChI=1S/C22H17F3N2O2.C22H20N2O2.C15H14BrFN2O2.C15H13BrN2O2.C6H3BrFNO2/c23-22(24,25)17-8-6-16(7-9-17)18-10-11-19-20(26-18)21(28)27(12-13-29-19)14-15-4-2-1-3-5-15;1-16-7-9-18(10-8-16)19-11-12-20-21(23-19)22(25)24(13-14-26-20)15-17-5-3-2-4-6-17;16-13-7-6-12(17)14(18-13)15(21)19(8-9-20)10-11-4-2-1-3-5-11;16-13-7-6-12-14(17-13)15(19)18(8-9-20-12)10-11-4-2-1-3-5-11;7-4-2-1-3(8)5(9-4)6(10)11/h1-11H,12-14H2;2-12H,13-15H2,1H3;1-7,20H,8-10H2;1-7H,8-10H2;1-2H,(H,10,11). The number of aryl methyl sites for hydroxylation is 1. The molecule has 0 spiro atoms. The second-order valence-corrected chi connectivity index (χ2v) is 26.3. The quantitative estimate of drug-likeness (QED) is 0.0761. The van der Waals surface area contributed by atoms with Crippen molar-refractivity contribution in [3.63, 3.8) is 0 Å². The molecule has 0 saturated carbocycles. The Morgan fingerprint density at radius 1 is 0.458 bits per heavy atom. The fraction of sp³-hybridized carbons (Fsp3) is 0.175. The molecule has 11 aromatic rings. The lowest BCUT2D eigenvalue weighted by atomic mass is 10.1. The average Bonchev–Trinajstić information content (AvgIpc) is 1.75. The number of aromatic nitrogens is 5. The normalized spacial score (nSPS) is 12.9. The summed E-state index contributed by atoms with van der Waals surface area (Å²) in [6.45, 7) is 6.60. The zero-order valence-corrected chi connectivity index (χ0v) is 61.9. The Morgan fingerprint density at radius 2 is 0.813 bits per heavy atom. The number of ether oxygens (including phenoxy) is 3. The smallest absolute Gasteiger partial charge is 0.416 e. The summed E-state index contributed by atoms with van der Waals surface area (Å²) in [7, 11) is 0. The Hall–Kier alpha value is -11.1. The van der Waals surface area contributed by atoms with E-state index in [1.807, 2.05) is 165 Å². The first-order valence-electron chi connectivity index (χ1n) is 33.2. The van der Waals surface area contributed by atoms with Crippen molar-refractivity contribution in [3.05, 3.63) is 318 Å². The van der Waals surface area contributed by atoms with Gasteiger partial charge in [0.25, 0.3) is 23.6 Å². The highest BCUT2D eigenvalue weighted by atomic mass is 79.9. The van der Waals surface area contributed by atoms with Crippen molar-refractivity contribution in [2.75, 3.05) is 52.6 Å². The van der Waals surface area contributed by atoms with E-state index in [0.717, 1.165) is 51.7 Å². The number of amides is 4. The van der Waals surface area contributed by atoms with Gasteiger partial charge in [-0.2, -0.15) is 13.2 Å². The van der Waals surface area contributed by atoms with Gasteiger partial charge in [-0.15, -0.1) is 0 Å². The number of fused-ring (bicyclic) bond motifs is 3.